The lowest BCUT2D eigenvalue weighted by Gasteiger charge is -2.13. The highest BCUT2D eigenvalue weighted by molar-refractivity contribution is 5.57. The number of aromatic amines is 1. The number of nitrogens with zero attached hydrogens (tertiary/aromatic N) is 4. The Morgan fingerprint density at radius 1 is 1.04 bits per heavy atom. The summed E-state index contributed by atoms with van der Waals surface area (Å²) in [7, 11) is 0. The summed E-state index contributed by atoms with van der Waals surface area (Å²) in [4.78, 5) is 4.23. The topological polar surface area (TPSA) is 107 Å². The number of ether oxygens (including phenoxy) is 3. The van der Waals surface area contributed by atoms with Gasteiger partial charge in [0.05, 0.1) is 6.20 Å². The molecular weight excluding hydrogens is 360 g/mol. The molecular formula is C19H20N6O3. The summed E-state index contributed by atoms with van der Waals surface area (Å²) in [6.07, 6.45) is 6.25. The van der Waals surface area contributed by atoms with E-state index < -0.39 is 0 Å². The second kappa shape index (κ2) is 7.34. The average molecular weight is 380 g/mol. The fourth-order valence-corrected chi connectivity index (χ4v) is 3.60. The zero-order valence-corrected chi connectivity index (χ0v) is 15.2. The monoisotopic (exact) mass is 380 g/mol. The van der Waals surface area contributed by atoms with E-state index in [1.807, 2.05) is 18.2 Å². The van der Waals surface area contributed by atoms with Gasteiger partial charge in [-0.3, -0.25) is 5.10 Å². The molecule has 2 N–H and O–H groups in total. The van der Waals surface area contributed by atoms with Crippen molar-refractivity contribution in [2.24, 2.45) is 0 Å². The van der Waals surface area contributed by atoms with E-state index in [1.54, 1.807) is 18.5 Å². The van der Waals surface area contributed by atoms with E-state index in [1.165, 1.54) is 0 Å². The number of anilines is 2. The maximum atomic E-state index is 6.03. The van der Waals surface area contributed by atoms with Crippen LogP contribution in [0.3, 0.4) is 0 Å². The van der Waals surface area contributed by atoms with Crippen molar-refractivity contribution in [1.82, 2.24) is 25.4 Å². The molecule has 0 saturated heterocycles. The molecule has 2 aliphatic rings. The van der Waals surface area contributed by atoms with Crippen LogP contribution in [0.25, 0.3) is 0 Å². The van der Waals surface area contributed by atoms with E-state index >= 15 is 0 Å². The van der Waals surface area contributed by atoms with Crippen LogP contribution in [-0.2, 0) is 0 Å². The van der Waals surface area contributed by atoms with Gasteiger partial charge in [0.1, 0.15) is 25.1 Å². The SMILES string of the molecule is c1cc2cc(n1)OCCOc1cnnc(c1)O[C@@H]1CC[C@@H](C1)c1cc(n[nH]1)N2. The lowest BCUT2D eigenvalue weighted by molar-refractivity contribution is 0.191. The molecule has 0 aromatic carbocycles. The first-order valence-electron chi connectivity index (χ1n) is 9.35. The third-order valence-electron chi connectivity index (χ3n) is 4.93. The first-order chi connectivity index (χ1) is 13.8. The van der Waals surface area contributed by atoms with Crippen LogP contribution < -0.4 is 19.5 Å². The molecule has 1 saturated carbocycles. The standard InChI is InChI=1S/C19H20N6O3/c1-2-14-7-12(1)16-10-17(24-23-16)22-13-3-4-20-18(8-13)27-6-5-26-15-9-19(28-14)25-21-11-15/h3-4,8-12,14H,1-2,5-7H2,(H2,22,23,24)/t12-,14+/m0/s1. The minimum atomic E-state index is 0.0965. The molecule has 5 rings (SSSR count). The van der Waals surface area contributed by atoms with E-state index in [-0.39, 0.29) is 6.10 Å². The summed E-state index contributed by atoms with van der Waals surface area (Å²) in [5, 5.41) is 18.9. The molecule has 144 valence electrons. The fourth-order valence-electron chi connectivity index (χ4n) is 3.60. The third kappa shape index (κ3) is 3.68. The molecule has 1 fully saturated rings. The lowest BCUT2D eigenvalue weighted by atomic mass is 10.0. The first-order valence-corrected chi connectivity index (χ1v) is 9.35. The Bertz CT molecular complexity index is 962. The molecule has 1 aliphatic heterocycles. The van der Waals surface area contributed by atoms with Crippen LogP contribution in [0.1, 0.15) is 30.9 Å². The smallest absolute Gasteiger partial charge is 0.237 e. The van der Waals surface area contributed by atoms with Gasteiger partial charge in [0.25, 0.3) is 0 Å². The Morgan fingerprint density at radius 3 is 3.00 bits per heavy atom. The van der Waals surface area contributed by atoms with E-state index in [0.29, 0.717) is 36.6 Å². The molecule has 0 unspecified atom stereocenters. The van der Waals surface area contributed by atoms with Gasteiger partial charge in [-0.25, -0.2) is 4.98 Å². The zero-order chi connectivity index (χ0) is 18.8. The van der Waals surface area contributed by atoms with Crippen LogP contribution in [0.5, 0.6) is 17.5 Å². The molecule has 0 radical (unpaired) electrons. The highest BCUT2D eigenvalue weighted by Gasteiger charge is 2.29. The van der Waals surface area contributed by atoms with E-state index in [2.05, 4.69) is 30.7 Å². The van der Waals surface area contributed by atoms with Crippen LogP contribution in [0.4, 0.5) is 11.5 Å². The average Bonchev–Trinajstić information content (AvgIpc) is 3.35. The van der Waals surface area contributed by atoms with Gasteiger partial charge < -0.3 is 19.5 Å². The van der Waals surface area contributed by atoms with Gasteiger partial charge in [-0.15, -0.1) is 5.10 Å². The van der Waals surface area contributed by atoms with E-state index in [0.717, 1.165) is 36.5 Å². The van der Waals surface area contributed by atoms with Gasteiger partial charge in [0, 0.05) is 41.7 Å². The second-order valence-corrected chi connectivity index (χ2v) is 6.89. The molecule has 28 heavy (non-hydrogen) atoms. The number of nitrogens with one attached hydrogen (secondary N) is 2. The molecule has 3 aromatic rings. The van der Waals surface area contributed by atoms with Crippen LogP contribution in [0.15, 0.2) is 36.7 Å². The Kier molecular flexibility index (Phi) is 4.40. The van der Waals surface area contributed by atoms with Crippen molar-refractivity contribution < 1.29 is 14.2 Å². The minimum Gasteiger partial charge on any atom is -0.488 e. The van der Waals surface area contributed by atoms with Crippen molar-refractivity contribution in [3.05, 3.63) is 42.4 Å². The molecule has 9 nitrogen and oxygen atoms in total. The summed E-state index contributed by atoms with van der Waals surface area (Å²) in [5.41, 5.74) is 1.96. The number of rotatable bonds is 0. The predicted octanol–water partition coefficient (Wildman–Crippen LogP) is 2.82. The van der Waals surface area contributed by atoms with Crippen LogP contribution in [-0.4, -0.2) is 44.7 Å². The van der Waals surface area contributed by atoms with Gasteiger partial charge in [-0.05, 0) is 25.3 Å². The second-order valence-electron chi connectivity index (χ2n) is 6.89. The van der Waals surface area contributed by atoms with Crippen LogP contribution in [0.2, 0.25) is 0 Å². The van der Waals surface area contributed by atoms with Gasteiger partial charge in [-0.1, -0.05) is 0 Å². The van der Waals surface area contributed by atoms with Crippen LogP contribution in [0, 0.1) is 0 Å². The maximum absolute atomic E-state index is 6.03. The highest BCUT2D eigenvalue weighted by Crippen LogP contribution is 2.36. The molecule has 1 aliphatic carbocycles. The highest BCUT2D eigenvalue weighted by atomic mass is 16.5. The van der Waals surface area contributed by atoms with Crippen molar-refractivity contribution in [3.63, 3.8) is 0 Å². The molecule has 0 spiro atoms. The number of fused-ring (bicyclic) bond motifs is 9. The molecule has 4 heterocycles. The maximum Gasteiger partial charge on any atom is 0.237 e. The quantitative estimate of drug-likeness (QED) is 0.613. The van der Waals surface area contributed by atoms with Crippen molar-refractivity contribution in [2.45, 2.75) is 31.3 Å². The van der Waals surface area contributed by atoms with Crippen LogP contribution >= 0.6 is 0 Å². The van der Waals surface area contributed by atoms with Gasteiger partial charge in [0.2, 0.25) is 11.8 Å². The minimum absolute atomic E-state index is 0.0965. The molecule has 3 aromatic heterocycles. The fraction of sp³-hybridized carbons (Fsp3) is 0.368. The van der Waals surface area contributed by atoms with Crippen molar-refractivity contribution >= 4 is 11.5 Å². The van der Waals surface area contributed by atoms with Crippen molar-refractivity contribution in [2.75, 3.05) is 18.5 Å². The summed E-state index contributed by atoms with van der Waals surface area (Å²) in [6, 6.07) is 7.52. The van der Waals surface area contributed by atoms with E-state index in [9.17, 15) is 0 Å². The Labute approximate surface area is 161 Å². The number of H-pyrrole nitrogens is 1. The summed E-state index contributed by atoms with van der Waals surface area (Å²) < 4.78 is 17.4. The molecule has 0 amide bonds. The van der Waals surface area contributed by atoms with Crippen molar-refractivity contribution in [3.8, 4) is 17.5 Å². The Balaban J connectivity index is 1.42. The number of hydrogen-bond donors (Lipinski definition) is 2. The number of pyridine rings is 1. The Hall–Kier alpha value is -3.36. The summed E-state index contributed by atoms with van der Waals surface area (Å²) in [6.45, 7) is 0.713. The first kappa shape index (κ1) is 16.8. The third-order valence-corrected chi connectivity index (χ3v) is 4.93. The van der Waals surface area contributed by atoms with Crippen molar-refractivity contribution in [1.29, 1.82) is 0 Å². The predicted molar refractivity (Wildman–Crippen MR) is 100 cm³/mol. The lowest BCUT2D eigenvalue weighted by Crippen LogP contribution is -2.14. The van der Waals surface area contributed by atoms with Gasteiger partial charge in [-0.2, -0.15) is 10.2 Å². The Morgan fingerprint density at radius 2 is 2.00 bits per heavy atom. The van der Waals surface area contributed by atoms with E-state index in [4.69, 9.17) is 14.2 Å². The molecule has 9 heteroatoms. The van der Waals surface area contributed by atoms with Gasteiger partial charge in [0.15, 0.2) is 5.82 Å². The number of aromatic nitrogens is 5. The summed E-state index contributed by atoms with van der Waals surface area (Å²) in [5.74, 6) is 2.73. The largest absolute Gasteiger partial charge is 0.488 e. The molecule has 8 bridgehead atoms. The zero-order valence-electron chi connectivity index (χ0n) is 15.2. The summed E-state index contributed by atoms with van der Waals surface area (Å²) >= 11 is 0. The molecule has 2 atom stereocenters. The van der Waals surface area contributed by atoms with Gasteiger partial charge >= 0.3 is 0 Å². The number of hydrogen-bond acceptors (Lipinski definition) is 8. The normalized spacial score (nSPS) is 21.3.